The molecule has 0 aliphatic heterocycles. The molecule has 7 heteroatoms. The fourth-order valence-corrected chi connectivity index (χ4v) is 4.76. The predicted octanol–water partition coefficient (Wildman–Crippen LogP) is 3.59. The maximum absolute atomic E-state index is 11.8. The van der Waals surface area contributed by atoms with E-state index in [0.29, 0.717) is 21.4 Å². The fraction of sp³-hybridized carbons (Fsp3) is 0.357. The van der Waals surface area contributed by atoms with E-state index in [1.807, 2.05) is 25.3 Å². The Morgan fingerprint density at radius 3 is 2.95 bits per heavy atom. The molecule has 2 aromatic rings. The van der Waals surface area contributed by atoms with Crippen molar-refractivity contribution in [3.63, 3.8) is 0 Å². The van der Waals surface area contributed by atoms with Crippen LogP contribution in [0.2, 0.25) is 0 Å². The molecule has 0 spiro atoms. The summed E-state index contributed by atoms with van der Waals surface area (Å²) < 4.78 is 11.8. The topological polar surface area (TPSA) is 72.6 Å². The summed E-state index contributed by atoms with van der Waals surface area (Å²) in [6.45, 7) is 3.90. The van der Waals surface area contributed by atoms with Crippen molar-refractivity contribution in [2.45, 2.75) is 25.3 Å². The minimum absolute atomic E-state index is 0.469. The molecule has 1 atom stereocenters. The minimum atomic E-state index is -0.880. The quantitative estimate of drug-likeness (QED) is 0.595. The zero-order valence-electron chi connectivity index (χ0n) is 11.8. The largest absolute Gasteiger partial charge is 0.616 e. The molecule has 4 nitrogen and oxygen atoms in total. The molecule has 2 rings (SSSR count). The van der Waals surface area contributed by atoms with E-state index in [1.165, 1.54) is 23.1 Å². The van der Waals surface area contributed by atoms with Gasteiger partial charge in [-0.2, -0.15) is 5.26 Å². The molecule has 0 aliphatic carbocycles. The van der Waals surface area contributed by atoms with Gasteiger partial charge in [0.1, 0.15) is 27.5 Å². The van der Waals surface area contributed by atoms with Gasteiger partial charge in [0, 0.05) is 11.6 Å². The molecular weight excluding hydrogens is 322 g/mol. The number of rotatable bonds is 6. The number of thiazole rings is 1. The highest BCUT2D eigenvalue weighted by Gasteiger charge is 2.15. The molecule has 0 saturated heterocycles. The minimum Gasteiger partial charge on any atom is -0.616 e. The molecule has 0 bridgehead atoms. The molecule has 1 unspecified atom stereocenters. The average Bonchev–Trinajstić information content (AvgIpc) is 2.99. The van der Waals surface area contributed by atoms with Crippen molar-refractivity contribution in [3.05, 3.63) is 28.8 Å². The van der Waals surface area contributed by atoms with Gasteiger partial charge in [-0.1, -0.05) is 18.7 Å². The molecule has 2 aromatic heterocycles. The summed E-state index contributed by atoms with van der Waals surface area (Å²) in [4.78, 5) is 8.79. The Kier molecular flexibility index (Phi) is 6.06. The van der Waals surface area contributed by atoms with Crippen LogP contribution in [0, 0.1) is 18.3 Å². The van der Waals surface area contributed by atoms with Crippen LogP contribution in [0.1, 0.15) is 24.5 Å². The molecule has 0 aromatic carbocycles. The summed E-state index contributed by atoms with van der Waals surface area (Å²) >= 11 is 2.02. The van der Waals surface area contributed by atoms with Crippen LogP contribution in [0.15, 0.2) is 22.7 Å². The third-order valence-electron chi connectivity index (χ3n) is 2.71. The zero-order chi connectivity index (χ0) is 15.2. The number of aryl methyl sites for hydroxylation is 1. The number of hydrogen-bond acceptors (Lipinski definition) is 6. The zero-order valence-corrected chi connectivity index (χ0v) is 14.3. The van der Waals surface area contributed by atoms with Crippen molar-refractivity contribution in [3.8, 4) is 16.8 Å². The molecule has 0 N–H and O–H groups in total. The lowest BCUT2D eigenvalue weighted by molar-refractivity contribution is 0.598. The molecule has 0 amide bonds. The molecule has 21 heavy (non-hydrogen) atoms. The van der Waals surface area contributed by atoms with Crippen LogP contribution < -0.4 is 0 Å². The van der Waals surface area contributed by atoms with Crippen molar-refractivity contribution < 1.29 is 4.55 Å². The van der Waals surface area contributed by atoms with Gasteiger partial charge in [0.2, 0.25) is 0 Å². The first kappa shape index (κ1) is 16.3. The summed E-state index contributed by atoms with van der Waals surface area (Å²) in [6.07, 6.45) is 2.63. The summed E-state index contributed by atoms with van der Waals surface area (Å²) in [5.41, 5.74) is 2.21. The molecule has 0 aliphatic rings. The van der Waals surface area contributed by atoms with E-state index in [1.54, 1.807) is 6.20 Å². The normalized spacial score (nSPS) is 12.1. The van der Waals surface area contributed by atoms with E-state index < -0.39 is 11.2 Å². The number of nitrogens with zero attached hydrogens (tertiary/aromatic N) is 3. The second-order valence-electron chi connectivity index (χ2n) is 4.36. The van der Waals surface area contributed by atoms with Gasteiger partial charge in [-0.25, -0.2) is 9.97 Å². The Hall–Kier alpha value is -1.07. The lowest BCUT2D eigenvalue weighted by Gasteiger charge is -2.11. The number of pyridine rings is 1. The molecule has 0 saturated carbocycles. The molecule has 0 fully saturated rings. The van der Waals surface area contributed by atoms with Gasteiger partial charge in [0.25, 0.3) is 0 Å². The second-order valence-corrected chi connectivity index (χ2v) is 8.16. The second kappa shape index (κ2) is 7.80. The Labute approximate surface area is 135 Å². The summed E-state index contributed by atoms with van der Waals surface area (Å²) in [6, 6.07) is 4.07. The van der Waals surface area contributed by atoms with E-state index in [9.17, 15) is 9.81 Å². The van der Waals surface area contributed by atoms with Crippen molar-refractivity contribution in [1.29, 1.82) is 5.26 Å². The Balaban J connectivity index is 2.28. The van der Waals surface area contributed by atoms with Crippen LogP contribution in [0.4, 0.5) is 0 Å². The van der Waals surface area contributed by atoms with Crippen molar-refractivity contribution >= 4 is 34.3 Å². The SMILES string of the molecule is CCC[S+]([O-])CSc1nc(-c2nccs2)cc(C)c1C#N. The first-order chi connectivity index (χ1) is 10.2. The van der Waals surface area contributed by atoms with Gasteiger partial charge in [0.15, 0.2) is 5.08 Å². The number of hydrogen-bond donors (Lipinski definition) is 0. The first-order valence-corrected chi connectivity index (χ1v) is 9.80. The summed E-state index contributed by atoms with van der Waals surface area (Å²) in [5.74, 6) is 0.681. The van der Waals surface area contributed by atoms with Crippen LogP contribution in [-0.2, 0) is 11.2 Å². The lowest BCUT2D eigenvalue weighted by atomic mass is 10.1. The van der Waals surface area contributed by atoms with Gasteiger partial charge in [-0.3, -0.25) is 0 Å². The number of aromatic nitrogens is 2. The smallest absolute Gasteiger partial charge is 0.156 e. The van der Waals surface area contributed by atoms with Gasteiger partial charge in [-0.05, 0) is 36.2 Å². The van der Waals surface area contributed by atoms with E-state index in [-0.39, 0.29) is 0 Å². The van der Waals surface area contributed by atoms with Gasteiger partial charge >= 0.3 is 0 Å². The Morgan fingerprint density at radius 1 is 1.52 bits per heavy atom. The highest BCUT2D eigenvalue weighted by molar-refractivity contribution is 8.12. The van der Waals surface area contributed by atoms with Crippen molar-refractivity contribution in [2.75, 3.05) is 10.8 Å². The molecule has 110 valence electrons. The van der Waals surface area contributed by atoms with Gasteiger partial charge in [-0.15, -0.1) is 11.3 Å². The van der Waals surface area contributed by atoms with Crippen LogP contribution in [0.5, 0.6) is 0 Å². The maximum Gasteiger partial charge on any atom is 0.156 e. The molecule has 0 radical (unpaired) electrons. The molecular formula is C14H15N3OS3. The number of thioether (sulfide) groups is 1. The summed E-state index contributed by atoms with van der Waals surface area (Å²) in [5, 5.41) is 13.1. The highest BCUT2D eigenvalue weighted by atomic mass is 32.3. The van der Waals surface area contributed by atoms with E-state index in [0.717, 1.165) is 22.7 Å². The highest BCUT2D eigenvalue weighted by Crippen LogP contribution is 2.29. The summed E-state index contributed by atoms with van der Waals surface area (Å²) in [7, 11) is 0. The van der Waals surface area contributed by atoms with Gasteiger partial charge < -0.3 is 4.55 Å². The monoisotopic (exact) mass is 337 g/mol. The van der Waals surface area contributed by atoms with Crippen LogP contribution >= 0.6 is 23.1 Å². The van der Waals surface area contributed by atoms with E-state index >= 15 is 0 Å². The van der Waals surface area contributed by atoms with Crippen LogP contribution in [0.25, 0.3) is 10.7 Å². The van der Waals surface area contributed by atoms with Crippen LogP contribution in [-0.4, -0.2) is 25.4 Å². The molecule has 2 heterocycles. The van der Waals surface area contributed by atoms with E-state index in [4.69, 9.17) is 0 Å². The fourth-order valence-electron chi connectivity index (χ4n) is 1.75. The van der Waals surface area contributed by atoms with Crippen molar-refractivity contribution in [2.24, 2.45) is 0 Å². The Bertz CT molecular complexity index is 638. The third kappa shape index (κ3) is 4.20. The lowest BCUT2D eigenvalue weighted by Crippen LogP contribution is -2.08. The van der Waals surface area contributed by atoms with Gasteiger partial charge in [0.05, 0.1) is 5.56 Å². The first-order valence-electron chi connectivity index (χ1n) is 6.45. The average molecular weight is 337 g/mol. The van der Waals surface area contributed by atoms with E-state index in [2.05, 4.69) is 16.0 Å². The predicted molar refractivity (Wildman–Crippen MR) is 88.8 cm³/mol. The van der Waals surface area contributed by atoms with Crippen molar-refractivity contribution in [1.82, 2.24) is 9.97 Å². The standard InChI is InChI=1S/C14H15N3OS3/c1-3-6-21(18)9-20-13-11(8-15)10(2)7-12(17-13)14-16-4-5-19-14/h4-5,7H,3,6,9H2,1-2H3. The number of nitriles is 1. The van der Waals surface area contributed by atoms with Crippen LogP contribution in [0.3, 0.4) is 0 Å². The maximum atomic E-state index is 11.8. The Morgan fingerprint density at radius 2 is 2.33 bits per heavy atom. The third-order valence-corrected chi connectivity index (χ3v) is 6.46.